The van der Waals surface area contributed by atoms with Crippen LogP contribution >= 0.6 is 0 Å². The first-order chi connectivity index (χ1) is 13.5. The van der Waals surface area contributed by atoms with Crippen LogP contribution in [0.5, 0.6) is 0 Å². The summed E-state index contributed by atoms with van der Waals surface area (Å²) in [7, 11) is 0. The molecule has 0 saturated heterocycles. The third-order valence-electron chi connectivity index (χ3n) is 4.36. The monoisotopic (exact) mass is 371 g/mol. The lowest BCUT2D eigenvalue weighted by Gasteiger charge is -2.10. The molecule has 28 heavy (non-hydrogen) atoms. The Labute approximate surface area is 160 Å². The molecule has 3 N–H and O–H groups in total. The van der Waals surface area contributed by atoms with Crippen molar-refractivity contribution in [1.29, 1.82) is 0 Å². The van der Waals surface area contributed by atoms with Crippen LogP contribution in [0.3, 0.4) is 0 Å². The Morgan fingerprint density at radius 1 is 1.21 bits per heavy atom. The van der Waals surface area contributed by atoms with Gasteiger partial charge in [-0.15, -0.1) is 0 Å². The molecule has 4 aromatic heterocycles. The molecule has 4 heterocycles. The van der Waals surface area contributed by atoms with E-state index in [9.17, 15) is 4.79 Å². The zero-order valence-corrected chi connectivity index (χ0v) is 15.1. The van der Waals surface area contributed by atoms with Crippen molar-refractivity contribution in [2.24, 2.45) is 0 Å². The highest BCUT2D eigenvalue weighted by Crippen LogP contribution is 2.25. The normalized spacial score (nSPS) is 10.8. The molecule has 4 aromatic rings. The van der Waals surface area contributed by atoms with Crippen molar-refractivity contribution in [1.82, 2.24) is 24.6 Å². The fourth-order valence-electron chi connectivity index (χ4n) is 2.92. The van der Waals surface area contributed by atoms with Crippen LogP contribution in [0, 0.1) is 6.92 Å². The van der Waals surface area contributed by atoms with Crippen LogP contribution in [0.1, 0.15) is 27.2 Å². The van der Waals surface area contributed by atoms with Crippen LogP contribution in [-0.2, 0) is 0 Å². The number of amides is 1. The number of carbonyl (C=O) groups is 1. The number of hydrogen-bond acceptors (Lipinski definition) is 6. The van der Waals surface area contributed by atoms with E-state index in [2.05, 4.69) is 31.9 Å². The molecule has 4 rings (SSSR count). The van der Waals surface area contributed by atoms with Crippen LogP contribution in [-0.4, -0.2) is 30.5 Å². The smallest absolute Gasteiger partial charge is 0.259 e. The maximum Gasteiger partial charge on any atom is 0.259 e. The van der Waals surface area contributed by atoms with E-state index >= 15 is 0 Å². The predicted octanol–water partition coefficient (Wildman–Crippen LogP) is 2.72. The van der Waals surface area contributed by atoms with Crippen molar-refractivity contribution in [2.45, 2.75) is 6.92 Å². The SMILES string of the molecule is C=C(c1ccn2ncc(C(=O)Nc3cccnc3)c2c1)c1cnc(N)nc1C. The maximum absolute atomic E-state index is 12.7. The second kappa shape index (κ2) is 6.92. The highest BCUT2D eigenvalue weighted by molar-refractivity contribution is 6.09. The number of pyridine rings is 2. The van der Waals surface area contributed by atoms with E-state index in [0.717, 1.165) is 22.4 Å². The second-order valence-electron chi connectivity index (χ2n) is 6.21. The zero-order chi connectivity index (χ0) is 19.7. The molecule has 0 fully saturated rings. The third-order valence-corrected chi connectivity index (χ3v) is 4.36. The second-order valence-corrected chi connectivity index (χ2v) is 6.21. The summed E-state index contributed by atoms with van der Waals surface area (Å²) in [6.07, 6.45) is 8.19. The highest BCUT2D eigenvalue weighted by Gasteiger charge is 2.15. The fourth-order valence-corrected chi connectivity index (χ4v) is 2.92. The van der Waals surface area contributed by atoms with Gasteiger partial charge in [-0.1, -0.05) is 6.58 Å². The van der Waals surface area contributed by atoms with Crippen molar-refractivity contribution in [2.75, 3.05) is 11.1 Å². The lowest BCUT2D eigenvalue weighted by molar-refractivity contribution is 0.102. The third kappa shape index (κ3) is 3.18. The summed E-state index contributed by atoms with van der Waals surface area (Å²) in [6, 6.07) is 7.27. The number of nitrogens with zero attached hydrogens (tertiary/aromatic N) is 5. The van der Waals surface area contributed by atoms with E-state index in [1.807, 2.05) is 19.1 Å². The van der Waals surface area contributed by atoms with Gasteiger partial charge < -0.3 is 11.1 Å². The van der Waals surface area contributed by atoms with Crippen LogP contribution in [0.15, 0.2) is 61.8 Å². The summed E-state index contributed by atoms with van der Waals surface area (Å²) >= 11 is 0. The molecule has 0 spiro atoms. The van der Waals surface area contributed by atoms with Gasteiger partial charge in [-0.05, 0) is 42.3 Å². The molecule has 0 atom stereocenters. The van der Waals surface area contributed by atoms with E-state index in [1.165, 1.54) is 6.20 Å². The number of aromatic nitrogens is 5. The summed E-state index contributed by atoms with van der Waals surface area (Å²) in [6.45, 7) is 6.01. The summed E-state index contributed by atoms with van der Waals surface area (Å²) in [4.78, 5) is 24.9. The molecule has 0 bridgehead atoms. The lowest BCUT2D eigenvalue weighted by Crippen LogP contribution is -2.11. The zero-order valence-electron chi connectivity index (χ0n) is 15.1. The number of aryl methyl sites for hydroxylation is 1. The fraction of sp³-hybridized carbons (Fsp3) is 0.0500. The Morgan fingerprint density at radius 2 is 2.07 bits per heavy atom. The standard InChI is InChI=1S/C20H17N7O/c1-12(16-10-23-20(21)25-13(16)2)14-5-7-27-18(8-14)17(11-24-27)19(28)26-15-4-3-6-22-9-15/h3-11H,1H2,2H3,(H,26,28)(H2,21,23,25). The van der Waals surface area contributed by atoms with E-state index < -0.39 is 0 Å². The van der Waals surface area contributed by atoms with Gasteiger partial charge in [-0.3, -0.25) is 9.78 Å². The molecule has 0 unspecified atom stereocenters. The number of rotatable bonds is 4. The van der Waals surface area contributed by atoms with Crippen LogP contribution in [0.25, 0.3) is 11.1 Å². The van der Waals surface area contributed by atoms with Gasteiger partial charge in [0.2, 0.25) is 5.95 Å². The first kappa shape index (κ1) is 17.3. The van der Waals surface area contributed by atoms with Gasteiger partial charge in [-0.2, -0.15) is 5.10 Å². The molecule has 0 radical (unpaired) electrons. The molecule has 0 aliphatic heterocycles. The summed E-state index contributed by atoms with van der Waals surface area (Å²) in [5, 5.41) is 7.07. The number of carbonyl (C=O) groups excluding carboxylic acids is 1. The van der Waals surface area contributed by atoms with E-state index in [1.54, 1.807) is 41.4 Å². The van der Waals surface area contributed by atoms with Crippen LogP contribution in [0.2, 0.25) is 0 Å². The van der Waals surface area contributed by atoms with Crippen molar-refractivity contribution in [3.05, 3.63) is 84.2 Å². The van der Waals surface area contributed by atoms with Gasteiger partial charge >= 0.3 is 0 Å². The number of anilines is 2. The Kier molecular flexibility index (Phi) is 4.29. The summed E-state index contributed by atoms with van der Waals surface area (Å²) < 4.78 is 1.64. The first-order valence-corrected chi connectivity index (χ1v) is 8.50. The largest absolute Gasteiger partial charge is 0.368 e. The van der Waals surface area contributed by atoms with E-state index in [-0.39, 0.29) is 11.9 Å². The highest BCUT2D eigenvalue weighted by atomic mass is 16.1. The minimum absolute atomic E-state index is 0.217. The average Bonchev–Trinajstić information content (AvgIpc) is 3.11. The van der Waals surface area contributed by atoms with E-state index in [0.29, 0.717) is 16.8 Å². The molecule has 0 aromatic carbocycles. The number of nitrogens with one attached hydrogen (secondary N) is 1. The van der Waals surface area contributed by atoms with Crippen molar-refractivity contribution >= 4 is 28.6 Å². The van der Waals surface area contributed by atoms with Gasteiger partial charge in [-0.25, -0.2) is 14.5 Å². The van der Waals surface area contributed by atoms with Gasteiger partial charge in [0.05, 0.1) is 34.9 Å². The average molecular weight is 371 g/mol. The molecular formula is C20H17N7O. The van der Waals surface area contributed by atoms with Crippen molar-refractivity contribution < 1.29 is 4.79 Å². The van der Waals surface area contributed by atoms with Gasteiger partial charge in [0.1, 0.15) is 0 Å². The number of nitrogens with two attached hydrogens (primary N) is 1. The van der Waals surface area contributed by atoms with E-state index in [4.69, 9.17) is 5.73 Å². The van der Waals surface area contributed by atoms with Gasteiger partial charge in [0.15, 0.2) is 0 Å². The van der Waals surface area contributed by atoms with Crippen LogP contribution in [0.4, 0.5) is 11.6 Å². The minimum atomic E-state index is -0.266. The number of hydrogen-bond donors (Lipinski definition) is 2. The van der Waals surface area contributed by atoms with Crippen molar-refractivity contribution in [3.8, 4) is 0 Å². The Bertz CT molecular complexity index is 1200. The summed E-state index contributed by atoms with van der Waals surface area (Å²) in [5.41, 5.74) is 10.4. The van der Waals surface area contributed by atoms with Gasteiger partial charge in [0, 0.05) is 24.2 Å². The Hall–Kier alpha value is -4.07. The molecule has 0 saturated carbocycles. The molecule has 8 heteroatoms. The molecular weight excluding hydrogens is 354 g/mol. The molecule has 138 valence electrons. The molecule has 1 amide bonds. The van der Waals surface area contributed by atoms with Gasteiger partial charge in [0.25, 0.3) is 5.91 Å². The predicted molar refractivity (Wildman–Crippen MR) is 107 cm³/mol. The molecule has 0 aliphatic rings. The van der Waals surface area contributed by atoms with Crippen LogP contribution < -0.4 is 11.1 Å². The summed E-state index contributed by atoms with van der Waals surface area (Å²) in [5.74, 6) is -0.0487. The minimum Gasteiger partial charge on any atom is -0.368 e. The number of fused-ring (bicyclic) bond motifs is 1. The first-order valence-electron chi connectivity index (χ1n) is 8.50. The molecule has 0 aliphatic carbocycles. The lowest BCUT2D eigenvalue weighted by atomic mass is 10.00. The Morgan fingerprint density at radius 3 is 2.82 bits per heavy atom. The Balaban J connectivity index is 1.70. The quantitative estimate of drug-likeness (QED) is 0.571. The molecule has 8 nitrogen and oxygen atoms in total. The maximum atomic E-state index is 12.7. The number of nitrogen functional groups attached to an aromatic ring is 1. The van der Waals surface area contributed by atoms with Crippen molar-refractivity contribution in [3.63, 3.8) is 0 Å². The topological polar surface area (TPSA) is 111 Å².